The summed E-state index contributed by atoms with van der Waals surface area (Å²) in [7, 11) is 2.01. The van der Waals surface area contributed by atoms with Gasteiger partial charge in [-0.25, -0.2) is 0 Å². The maximum absolute atomic E-state index is 6.10. The first-order chi connectivity index (χ1) is 13.5. The molecule has 3 unspecified atom stereocenters. The number of anilines is 1. The third-order valence-electron chi connectivity index (χ3n) is 6.27. The predicted octanol–water partition coefficient (Wildman–Crippen LogP) is 2.30. The van der Waals surface area contributed by atoms with E-state index in [9.17, 15) is 0 Å². The topological polar surface area (TPSA) is 69.4 Å². The average Bonchev–Trinajstić information content (AvgIpc) is 3.02. The van der Waals surface area contributed by atoms with Crippen molar-refractivity contribution in [3.05, 3.63) is 28.8 Å². The molecule has 6 nitrogen and oxygen atoms in total. The zero-order valence-electron chi connectivity index (χ0n) is 17.6. The second-order valence-corrected chi connectivity index (χ2v) is 8.48. The Balaban J connectivity index is 1.65. The van der Waals surface area contributed by atoms with Crippen molar-refractivity contribution < 1.29 is 4.74 Å². The number of allylic oxidation sites excluding steroid dienone is 1. The summed E-state index contributed by atoms with van der Waals surface area (Å²) in [5.41, 5.74) is 6.52. The van der Waals surface area contributed by atoms with Crippen molar-refractivity contribution in [2.24, 2.45) is 0 Å². The van der Waals surface area contributed by atoms with Crippen LogP contribution in [0.5, 0.6) is 5.75 Å². The van der Waals surface area contributed by atoms with Gasteiger partial charge in [0.1, 0.15) is 12.0 Å². The molecule has 1 aromatic carbocycles. The molecule has 3 aliphatic rings. The largest absolute Gasteiger partial charge is 0.492 e. The lowest BCUT2D eigenvalue weighted by molar-refractivity contribution is 0.249. The van der Waals surface area contributed by atoms with E-state index in [0.29, 0.717) is 18.2 Å². The van der Waals surface area contributed by atoms with Crippen LogP contribution in [0.2, 0.25) is 0 Å². The second kappa shape index (κ2) is 8.41. The smallest absolute Gasteiger partial charge is 0.133 e. The van der Waals surface area contributed by atoms with Gasteiger partial charge in [-0.2, -0.15) is 0 Å². The molecule has 154 valence electrons. The Morgan fingerprint density at radius 2 is 2.00 bits per heavy atom. The van der Waals surface area contributed by atoms with Crippen molar-refractivity contribution in [1.82, 2.24) is 21.3 Å². The van der Waals surface area contributed by atoms with Gasteiger partial charge in [-0.05, 0) is 64.3 Å². The van der Waals surface area contributed by atoms with Gasteiger partial charge < -0.3 is 20.7 Å². The molecule has 1 fully saturated rings. The van der Waals surface area contributed by atoms with E-state index in [1.54, 1.807) is 0 Å². The molecule has 6 heteroatoms. The molecule has 0 bridgehead atoms. The Hall–Kier alpha value is -1.60. The van der Waals surface area contributed by atoms with Gasteiger partial charge in [0.25, 0.3) is 0 Å². The molecule has 3 heterocycles. The summed E-state index contributed by atoms with van der Waals surface area (Å²) in [5.74, 6) is 1.11. The normalized spacial score (nSPS) is 30.2. The van der Waals surface area contributed by atoms with E-state index in [2.05, 4.69) is 59.5 Å². The third-order valence-corrected chi connectivity index (χ3v) is 6.27. The molecule has 28 heavy (non-hydrogen) atoms. The molecule has 0 aromatic heterocycles. The van der Waals surface area contributed by atoms with E-state index in [1.165, 1.54) is 28.0 Å². The highest BCUT2D eigenvalue weighted by Crippen LogP contribution is 2.42. The van der Waals surface area contributed by atoms with E-state index in [1.807, 2.05) is 7.05 Å². The first kappa shape index (κ1) is 19.7. The Morgan fingerprint density at radius 1 is 1.14 bits per heavy atom. The van der Waals surface area contributed by atoms with Gasteiger partial charge in [-0.15, -0.1) is 0 Å². The first-order valence-corrected chi connectivity index (χ1v) is 10.7. The van der Waals surface area contributed by atoms with Crippen LogP contribution in [0.1, 0.15) is 49.8 Å². The lowest BCUT2D eigenvalue weighted by Crippen LogP contribution is -2.63. The standard InChI is InChI=1S/C22H35N5O/c1-13-5-6-16(7-9-24-13)20-15(3)18(12-17-8-10-28-21(17)20)26-22-25-14(2)11-19(23-4)27-22/h7,12-14,19,22-27H,5-6,8-11H2,1-4H3/t13-,14?,19?,22?/m1/s1. The van der Waals surface area contributed by atoms with Crippen molar-refractivity contribution in [3.8, 4) is 5.75 Å². The van der Waals surface area contributed by atoms with E-state index >= 15 is 0 Å². The minimum absolute atomic E-state index is 0.0397. The molecule has 1 saturated heterocycles. The van der Waals surface area contributed by atoms with Crippen molar-refractivity contribution in [2.45, 2.75) is 71.0 Å². The number of hydrogen-bond acceptors (Lipinski definition) is 6. The Morgan fingerprint density at radius 3 is 2.82 bits per heavy atom. The van der Waals surface area contributed by atoms with Gasteiger partial charge in [0, 0.05) is 41.9 Å². The summed E-state index contributed by atoms with van der Waals surface area (Å²) < 4.78 is 6.10. The molecular formula is C22H35N5O. The Bertz CT molecular complexity index is 747. The summed E-state index contributed by atoms with van der Waals surface area (Å²) in [6.45, 7) is 8.44. The number of benzene rings is 1. The predicted molar refractivity (Wildman–Crippen MR) is 116 cm³/mol. The zero-order valence-corrected chi connectivity index (χ0v) is 17.6. The van der Waals surface area contributed by atoms with Gasteiger partial charge in [0.05, 0.1) is 12.8 Å². The monoisotopic (exact) mass is 385 g/mol. The van der Waals surface area contributed by atoms with Crippen LogP contribution in [-0.2, 0) is 6.42 Å². The summed E-state index contributed by atoms with van der Waals surface area (Å²) in [6, 6.07) is 3.29. The van der Waals surface area contributed by atoms with E-state index < -0.39 is 0 Å². The van der Waals surface area contributed by atoms with Gasteiger partial charge in [-0.1, -0.05) is 6.08 Å². The van der Waals surface area contributed by atoms with Crippen LogP contribution in [-0.4, -0.2) is 44.7 Å². The summed E-state index contributed by atoms with van der Waals surface area (Å²) in [6.07, 6.45) is 7.00. The van der Waals surface area contributed by atoms with Crippen molar-refractivity contribution in [2.75, 3.05) is 25.5 Å². The van der Waals surface area contributed by atoms with E-state index in [4.69, 9.17) is 4.74 Å². The van der Waals surface area contributed by atoms with Crippen molar-refractivity contribution in [1.29, 1.82) is 0 Å². The molecule has 4 atom stereocenters. The molecule has 0 amide bonds. The molecule has 0 aliphatic carbocycles. The number of rotatable bonds is 4. The van der Waals surface area contributed by atoms with E-state index in [-0.39, 0.29) is 6.29 Å². The van der Waals surface area contributed by atoms with Crippen LogP contribution in [0, 0.1) is 6.92 Å². The molecule has 1 aromatic rings. The van der Waals surface area contributed by atoms with Crippen LogP contribution >= 0.6 is 0 Å². The third kappa shape index (κ3) is 4.06. The highest BCUT2D eigenvalue weighted by molar-refractivity contribution is 5.80. The van der Waals surface area contributed by atoms with Gasteiger partial charge >= 0.3 is 0 Å². The number of ether oxygens (including phenoxy) is 1. The SMILES string of the molecule is CNC1CC(C)NC(Nc2cc3c(c(C4=CCN[C@H](C)CC4)c2C)OCC3)N1. The van der Waals surface area contributed by atoms with Crippen molar-refractivity contribution >= 4 is 11.3 Å². The molecule has 3 aliphatic heterocycles. The molecule has 0 radical (unpaired) electrons. The molecule has 0 spiro atoms. The molecule has 4 rings (SSSR count). The average molecular weight is 386 g/mol. The fourth-order valence-corrected chi connectivity index (χ4v) is 4.61. The second-order valence-electron chi connectivity index (χ2n) is 8.48. The lowest BCUT2D eigenvalue weighted by atomic mass is 9.91. The zero-order chi connectivity index (χ0) is 19.7. The quantitative estimate of drug-likeness (QED) is 0.548. The van der Waals surface area contributed by atoms with Gasteiger partial charge in [0.15, 0.2) is 0 Å². The highest BCUT2D eigenvalue weighted by Gasteiger charge is 2.27. The van der Waals surface area contributed by atoms with Gasteiger partial charge in [0.2, 0.25) is 0 Å². The molecule has 0 saturated carbocycles. The van der Waals surface area contributed by atoms with Crippen LogP contribution in [0.25, 0.3) is 5.57 Å². The highest BCUT2D eigenvalue weighted by atomic mass is 16.5. The summed E-state index contributed by atoms with van der Waals surface area (Å²) in [5, 5.41) is 17.9. The van der Waals surface area contributed by atoms with Gasteiger partial charge in [-0.3, -0.25) is 10.6 Å². The van der Waals surface area contributed by atoms with E-state index in [0.717, 1.165) is 44.6 Å². The van der Waals surface area contributed by atoms with Crippen LogP contribution in [0.4, 0.5) is 5.69 Å². The molecular weight excluding hydrogens is 350 g/mol. The van der Waals surface area contributed by atoms with Crippen LogP contribution in [0.15, 0.2) is 12.1 Å². The summed E-state index contributed by atoms with van der Waals surface area (Å²) in [4.78, 5) is 0. The number of fused-ring (bicyclic) bond motifs is 1. The number of nitrogens with one attached hydrogen (secondary N) is 5. The number of hydrogen-bond donors (Lipinski definition) is 5. The maximum atomic E-state index is 6.10. The summed E-state index contributed by atoms with van der Waals surface area (Å²) >= 11 is 0. The fourth-order valence-electron chi connectivity index (χ4n) is 4.61. The van der Waals surface area contributed by atoms with Crippen molar-refractivity contribution in [3.63, 3.8) is 0 Å². The maximum Gasteiger partial charge on any atom is 0.133 e. The minimum Gasteiger partial charge on any atom is -0.492 e. The fraction of sp³-hybridized carbons (Fsp3) is 0.636. The lowest BCUT2D eigenvalue weighted by Gasteiger charge is -2.37. The first-order valence-electron chi connectivity index (χ1n) is 10.7. The Kier molecular flexibility index (Phi) is 5.92. The van der Waals surface area contributed by atoms with Crippen LogP contribution in [0.3, 0.4) is 0 Å². The molecule has 5 N–H and O–H groups in total. The Labute approximate surface area is 168 Å². The minimum atomic E-state index is 0.0397. The van der Waals surface area contributed by atoms with Crippen LogP contribution < -0.4 is 31.3 Å².